The van der Waals surface area contributed by atoms with Gasteiger partial charge in [-0.25, -0.2) is 0 Å². The molecular formula is C19H16BrCl2NO. The molecule has 0 amide bonds. The lowest BCUT2D eigenvalue weighted by molar-refractivity contribution is 0.381. The van der Waals surface area contributed by atoms with Gasteiger partial charge >= 0.3 is 0 Å². The lowest BCUT2D eigenvalue weighted by atomic mass is 9.77. The normalized spacial score (nSPS) is 24.2. The van der Waals surface area contributed by atoms with E-state index >= 15 is 0 Å². The molecule has 0 unspecified atom stereocenters. The molecule has 0 bridgehead atoms. The van der Waals surface area contributed by atoms with Crippen LogP contribution in [0, 0.1) is 5.92 Å². The first kappa shape index (κ1) is 16.3. The van der Waals surface area contributed by atoms with Crippen molar-refractivity contribution in [2.75, 3.05) is 12.4 Å². The Kier molecular flexibility index (Phi) is 4.27. The standard InChI is InChI=1S/C19H16BrCl2NO/c1-24-17-6-5-10(20)7-14(17)19-13-4-2-3-12(13)18-15(22)8-11(21)9-16(18)23-19/h2-3,5-9,12-13,19,23H,4H2,1H3/t12-,13-,19-/m1/s1. The van der Waals surface area contributed by atoms with Crippen molar-refractivity contribution in [2.24, 2.45) is 5.92 Å². The second kappa shape index (κ2) is 6.29. The van der Waals surface area contributed by atoms with Gasteiger partial charge in [0.1, 0.15) is 5.75 Å². The Morgan fingerprint density at radius 3 is 2.83 bits per heavy atom. The molecule has 124 valence electrons. The molecule has 1 aliphatic carbocycles. The van der Waals surface area contributed by atoms with Crippen LogP contribution in [0.5, 0.6) is 5.75 Å². The molecular weight excluding hydrogens is 409 g/mol. The Morgan fingerprint density at radius 1 is 1.21 bits per heavy atom. The van der Waals surface area contributed by atoms with Crippen molar-refractivity contribution in [3.05, 3.63) is 68.1 Å². The fraction of sp³-hybridized carbons (Fsp3) is 0.263. The number of allylic oxidation sites excluding steroid dienone is 2. The first-order valence-corrected chi connectivity index (χ1v) is 9.39. The molecule has 2 aromatic rings. The zero-order chi connectivity index (χ0) is 16.8. The van der Waals surface area contributed by atoms with E-state index < -0.39 is 0 Å². The molecule has 2 aromatic carbocycles. The van der Waals surface area contributed by atoms with E-state index in [0.717, 1.165) is 38.5 Å². The monoisotopic (exact) mass is 423 g/mol. The van der Waals surface area contributed by atoms with Gasteiger partial charge in [-0.05, 0) is 42.7 Å². The fourth-order valence-corrected chi connectivity index (χ4v) is 4.90. The number of benzene rings is 2. The number of anilines is 1. The predicted octanol–water partition coefficient (Wildman–Crippen LogP) is 6.59. The molecule has 1 N–H and O–H groups in total. The largest absolute Gasteiger partial charge is 0.496 e. The highest BCUT2D eigenvalue weighted by molar-refractivity contribution is 9.10. The van der Waals surface area contributed by atoms with E-state index in [0.29, 0.717) is 16.9 Å². The minimum atomic E-state index is 0.138. The van der Waals surface area contributed by atoms with Crippen LogP contribution >= 0.6 is 39.1 Å². The van der Waals surface area contributed by atoms with Crippen LogP contribution in [0.3, 0.4) is 0 Å². The summed E-state index contributed by atoms with van der Waals surface area (Å²) in [6, 6.07) is 10.0. The van der Waals surface area contributed by atoms with Gasteiger partial charge in [-0.15, -0.1) is 0 Å². The van der Waals surface area contributed by atoms with E-state index in [-0.39, 0.29) is 6.04 Å². The number of halogens is 3. The zero-order valence-corrected chi connectivity index (χ0v) is 16.1. The van der Waals surface area contributed by atoms with Gasteiger partial charge in [-0.1, -0.05) is 51.3 Å². The quantitative estimate of drug-likeness (QED) is 0.549. The third-order valence-electron chi connectivity index (χ3n) is 4.91. The summed E-state index contributed by atoms with van der Waals surface area (Å²) in [6.07, 6.45) is 5.52. The summed E-state index contributed by atoms with van der Waals surface area (Å²) in [7, 11) is 1.71. The molecule has 1 heterocycles. The zero-order valence-electron chi connectivity index (χ0n) is 13.0. The minimum Gasteiger partial charge on any atom is -0.496 e. The Balaban J connectivity index is 1.86. The van der Waals surface area contributed by atoms with Gasteiger partial charge in [0.15, 0.2) is 0 Å². The van der Waals surface area contributed by atoms with Crippen LogP contribution in [0.15, 0.2) is 47.0 Å². The third kappa shape index (κ3) is 2.63. The second-order valence-corrected chi connectivity index (χ2v) is 7.97. The van der Waals surface area contributed by atoms with Gasteiger partial charge < -0.3 is 10.1 Å². The van der Waals surface area contributed by atoms with E-state index in [1.165, 1.54) is 0 Å². The molecule has 2 nitrogen and oxygen atoms in total. The topological polar surface area (TPSA) is 21.3 Å². The van der Waals surface area contributed by atoms with Gasteiger partial charge in [0.05, 0.1) is 13.2 Å². The molecule has 0 radical (unpaired) electrons. The molecule has 2 aliphatic rings. The summed E-state index contributed by atoms with van der Waals surface area (Å²) in [5, 5.41) is 5.03. The van der Waals surface area contributed by atoms with Crippen molar-refractivity contribution in [3.63, 3.8) is 0 Å². The molecule has 0 spiro atoms. The number of rotatable bonds is 2. The van der Waals surface area contributed by atoms with Crippen molar-refractivity contribution in [2.45, 2.75) is 18.4 Å². The number of hydrogen-bond donors (Lipinski definition) is 1. The van der Waals surface area contributed by atoms with Crippen LogP contribution in [0.1, 0.15) is 29.5 Å². The molecule has 5 heteroatoms. The number of hydrogen-bond acceptors (Lipinski definition) is 2. The van der Waals surface area contributed by atoms with Crippen molar-refractivity contribution < 1.29 is 4.74 Å². The maximum Gasteiger partial charge on any atom is 0.124 e. The Labute approximate surface area is 159 Å². The minimum absolute atomic E-state index is 0.138. The van der Waals surface area contributed by atoms with Gasteiger partial charge in [0.25, 0.3) is 0 Å². The maximum absolute atomic E-state index is 6.50. The summed E-state index contributed by atoms with van der Waals surface area (Å²) in [5.74, 6) is 1.58. The number of ether oxygens (including phenoxy) is 1. The summed E-state index contributed by atoms with van der Waals surface area (Å²) in [5.41, 5.74) is 3.30. The number of nitrogens with one attached hydrogen (secondary N) is 1. The van der Waals surface area contributed by atoms with E-state index in [2.05, 4.69) is 39.5 Å². The van der Waals surface area contributed by atoms with Crippen LogP contribution < -0.4 is 10.1 Å². The maximum atomic E-state index is 6.50. The van der Waals surface area contributed by atoms with Crippen LogP contribution in [-0.4, -0.2) is 7.11 Å². The van der Waals surface area contributed by atoms with Crippen LogP contribution in [0.25, 0.3) is 0 Å². The predicted molar refractivity (Wildman–Crippen MR) is 104 cm³/mol. The van der Waals surface area contributed by atoms with Crippen LogP contribution in [0.4, 0.5) is 5.69 Å². The molecule has 0 aromatic heterocycles. The molecule has 0 saturated carbocycles. The lowest BCUT2D eigenvalue weighted by Crippen LogP contribution is -2.29. The summed E-state index contributed by atoms with van der Waals surface area (Å²) in [4.78, 5) is 0. The second-order valence-electron chi connectivity index (χ2n) is 6.21. The Bertz CT molecular complexity index is 836. The Hall–Kier alpha value is -1.16. The SMILES string of the molecule is COc1ccc(Br)cc1[C@@H]1Nc2cc(Cl)cc(Cl)c2[C@@H]2C=CC[C@H]21. The average molecular weight is 425 g/mol. The van der Waals surface area contributed by atoms with Crippen molar-refractivity contribution >= 4 is 44.8 Å². The molecule has 0 fully saturated rings. The number of fused-ring (bicyclic) bond motifs is 3. The van der Waals surface area contributed by atoms with Gasteiger partial charge in [-0.2, -0.15) is 0 Å². The Morgan fingerprint density at radius 2 is 2.04 bits per heavy atom. The molecule has 0 saturated heterocycles. The van der Waals surface area contributed by atoms with Gasteiger partial charge in [0, 0.05) is 37.3 Å². The van der Waals surface area contributed by atoms with Crippen molar-refractivity contribution in [1.82, 2.24) is 0 Å². The van der Waals surface area contributed by atoms with Gasteiger partial charge in [0.2, 0.25) is 0 Å². The molecule has 3 atom stereocenters. The van der Waals surface area contributed by atoms with E-state index in [9.17, 15) is 0 Å². The van der Waals surface area contributed by atoms with E-state index in [1.807, 2.05) is 24.3 Å². The number of methoxy groups -OCH3 is 1. The fourth-order valence-electron chi connectivity index (χ4n) is 3.90. The molecule has 1 aliphatic heterocycles. The van der Waals surface area contributed by atoms with E-state index in [1.54, 1.807) is 7.11 Å². The van der Waals surface area contributed by atoms with E-state index in [4.69, 9.17) is 27.9 Å². The third-order valence-corrected chi connectivity index (χ3v) is 5.93. The lowest BCUT2D eigenvalue weighted by Gasteiger charge is -2.38. The van der Waals surface area contributed by atoms with Crippen molar-refractivity contribution in [3.8, 4) is 5.75 Å². The first-order valence-electron chi connectivity index (χ1n) is 7.84. The highest BCUT2D eigenvalue weighted by Gasteiger charge is 2.40. The highest BCUT2D eigenvalue weighted by atomic mass is 79.9. The van der Waals surface area contributed by atoms with Gasteiger partial charge in [-0.3, -0.25) is 0 Å². The van der Waals surface area contributed by atoms with Crippen LogP contribution in [-0.2, 0) is 0 Å². The smallest absolute Gasteiger partial charge is 0.124 e. The average Bonchev–Trinajstić information content (AvgIpc) is 3.02. The summed E-state index contributed by atoms with van der Waals surface area (Å²) >= 11 is 16.3. The van der Waals surface area contributed by atoms with Crippen molar-refractivity contribution in [1.29, 1.82) is 0 Å². The summed E-state index contributed by atoms with van der Waals surface area (Å²) in [6.45, 7) is 0. The first-order chi connectivity index (χ1) is 11.6. The van der Waals surface area contributed by atoms with Crippen LogP contribution in [0.2, 0.25) is 10.0 Å². The summed E-state index contributed by atoms with van der Waals surface area (Å²) < 4.78 is 6.64. The molecule has 4 rings (SSSR count). The highest BCUT2D eigenvalue weighted by Crippen LogP contribution is 2.53. The molecule has 24 heavy (non-hydrogen) atoms.